The standard InChI is InChI=1S/C24H20FN7O/c1-3-5-20(31(2)13-22-26-8-4-9-27-22)15-10-17(25)23-21(11-15)32(14-28-23)16-6-7-18-19(12-16)30-24(33)29-18/h3-12,14H,1,13H2,2H3,(H2,29,30,33)/b20-5-. The Hall–Kier alpha value is -4.53. The molecule has 3 aromatic heterocycles. The molecule has 3 heterocycles. The molecule has 0 unspecified atom stereocenters. The number of halogens is 1. The minimum Gasteiger partial charge on any atom is -0.367 e. The molecule has 0 bridgehead atoms. The first-order valence-corrected chi connectivity index (χ1v) is 10.2. The number of fused-ring (bicyclic) bond motifs is 2. The van der Waals surface area contributed by atoms with Crippen LogP contribution in [0.5, 0.6) is 0 Å². The van der Waals surface area contributed by atoms with Crippen LogP contribution in [0.15, 0.2) is 78.6 Å². The van der Waals surface area contributed by atoms with E-state index < -0.39 is 5.82 Å². The zero-order valence-corrected chi connectivity index (χ0v) is 17.8. The van der Waals surface area contributed by atoms with Gasteiger partial charge < -0.3 is 14.9 Å². The van der Waals surface area contributed by atoms with Crippen LogP contribution in [0.2, 0.25) is 0 Å². The molecule has 0 saturated carbocycles. The van der Waals surface area contributed by atoms with Gasteiger partial charge in [0, 0.05) is 36.4 Å². The highest BCUT2D eigenvalue weighted by atomic mass is 19.1. The molecule has 0 aliphatic carbocycles. The first kappa shape index (κ1) is 20.4. The predicted octanol–water partition coefficient (Wildman–Crippen LogP) is 3.78. The van der Waals surface area contributed by atoms with Crippen LogP contribution < -0.4 is 5.69 Å². The van der Waals surface area contributed by atoms with E-state index in [0.29, 0.717) is 34.5 Å². The minimum absolute atomic E-state index is 0.258. The van der Waals surface area contributed by atoms with E-state index in [1.54, 1.807) is 41.5 Å². The number of H-pyrrole nitrogens is 2. The second-order valence-electron chi connectivity index (χ2n) is 7.56. The van der Waals surface area contributed by atoms with Gasteiger partial charge in [-0.25, -0.2) is 24.1 Å². The predicted molar refractivity (Wildman–Crippen MR) is 125 cm³/mol. The Labute approximate surface area is 187 Å². The van der Waals surface area contributed by atoms with Crippen molar-refractivity contribution in [2.45, 2.75) is 6.54 Å². The largest absolute Gasteiger partial charge is 0.367 e. The first-order chi connectivity index (χ1) is 16.0. The van der Waals surface area contributed by atoms with Gasteiger partial charge in [0.25, 0.3) is 0 Å². The van der Waals surface area contributed by atoms with Crippen molar-refractivity contribution in [2.75, 3.05) is 7.05 Å². The Bertz CT molecular complexity index is 1560. The SMILES string of the molecule is C=C/C=C(/c1cc(F)c2ncn(-c3ccc4[nH]c(=O)[nH]c4c3)c2c1)N(C)Cc1ncccn1. The number of allylic oxidation sites excluding steroid dienone is 2. The molecule has 2 N–H and O–H groups in total. The van der Waals surface area contributed by atoms with E-state index in [1.165, 1.54) is 6.07 Å². The van der Waals surface area contributed by atoms with E-state index in [2.05, 4.69) is 31.5 Å². The molecule has 164 valence electrons. The molecule has 0 radical (unpaired) electrons. The van der Waals surface area contributed by atoms with Crippen molar-refractivity contribution in [3.8, 4) is 5.69 Å². The maximum absolute atomic E-state index is 15.1. The topological polar surface area (TPSA) is 95.5 Å². The number of hydrogen-bond acceptors (Lipinski definition) is 5. The molecule has 2 aromatic carbocycles. The normalized spacial score (nSPS) is 11.9. The van der Waals surface area contributed by atoms with Crippen LogP contribution in [0.4, 0.5) is 4.39 Å². The fourth-order valence-corrected chi connectivity index (χ4v) is 3.86. The number of nitrogens with zero attached hydrogens (tertiary/aromatic N) is 5. The number of hydrogen-bond donors (Lipinski definition) is 2. The number of aromatic amines is 2. The van der Waals surface area contributed by atoms with Crippen molar-refractivity contribution in [3.05, 3.63) is 102 Å². The minimum atomic E-state index is -0.434. The van der Waals surface area contributed by atoms with Gasteiger partial charge in [-0.15, -0.1) is 0 Å². The molecule has 0 aliphatic heterocycles. The van der Waals surface area contributed by atoms with Crippen molar-refractivity contribution in [3.63, 3.8) is 0 Å². The molecule has 5 aromatic rings. The zero-order valence-electron chi connectivity index (χ0n) is 17.8. The third-order valence-electron chi connectivity index (χ3n) is 5.36. The van der Waals surface area contributed by atoms with Crippen LogP contribution in [0.3, 0.4) is 0 Å². The fraction of sp³-hybridized carbons (Fsp3) is 0.0833. The summed E-state index contributed by atoms with van der Waals surface area (Å²) in [6.45, 7) is 4.25. The van der Waals surface area contributed by atoms with Crippen LogP contribution >= 0.6 is 0 Å². The van der Waals surface area contributed by atoms with E-state index in [4.69, 9.17) is 0 Å². The van der Waals surface area contributed by atoms with Gasteiger partial charge in [0.05, 0.1) is 23.1 Å². The Morgan fingerprint density at radius 3 is 2.73 bits per heavy atom. The van der Waals surface area contributed by atoms with Crippen LogP contribution in [0.1, 0.15) is 11.4 Å². The molecular formula is C24H20FN7O. The lowest BCUT2D eigenvalue weighted by Gasteiger charge is -2.22. The zero-order chi connectivity index (χ0) is 22.9. The van der Waals surface area contributed by atoms with Crippen molar-refractivity contribution in [2.24, 2.45) is 0 Å². The van der Waals surface area contributed by atoms with Gasteiger partial charge in [-0.2, -0.15) is 0 Å². The molecular weight excluding hydrogens is 421 g/mol. The summed E-state index contributed by atoms with van der Waals surface area (Å²) in [4.78, 5) is 31.8. The van der Waals surface area contributed by atoms with Crippen LogP contribution in [0, 0.1) is 5.82 Å². The summed E-state index contributed by atoms with van der Waals surface area (Å²) in [6.07, 6.45) is 8.42. The third-order valence-corrected chi connectivity index (χ3v) is 5.36. The molecule has 33 heavy (non-hydrogen) atoms. The number of benzene rings is 2. The van der Waals surface area contributed by atoms with Gasteiger partial charge in [0.1, 0.15) is 17.7 Å². The molecule has 0 aliphatic rings. The molecule has 8 nitrogen and oxygen atoms in total. The quantitative estimate of drug-likeness (QED) is 0.391. The molecule has 0 spiro atoms. The number of imidazole rings is 2. The summed E-state index contributed by atoms with van der Waals surface area (Å²) < 4.78 is 16.9. The Morgan fingerprint density at radius 1 is 1.15 bits per heavy atom. The average Bonchev–Trinajstić information content (AvgIpc) is 3.40. The molecule has 0 amide bonds. The van der Waals surface area contributed by atoms with Gasteiger partial charge in [0.15, 0.2) is 5.82 Å². The Balaban J connectivity index is 1.60. The maximum atomic E-state index is 15.1. The highest BCUT2D eigenvalue weighted by molar-refractivity contribution is 5.84. The van der Waals surface area contributed by atoms with E-state index in [1.807, 2.05) is 36.2 Å². The number of aromatic nitrogens is 6. The van der Waals surface area contributed by atoms with Crippen LogP contribution in [0.25, 0.3) is 33.5 Å². The molecule has 0 fully saturated rings. The second-order valence-corrected chi connectivity index (χ2v) is 7.56. The summed E-state index contributed by atoms with van der Waals surface area (Å²) in [6, 6.07) is 10.6. The van der Waals surface area contributed by atoms with Crippen molar-refractivity contribution in [1.29, 1.82) is 0 Å². The highest BCUT2D eigenvalue weighted by Crippen LogP contribution is 2.28. The summed E-state index contributed by atoms with van der Waals surface area (Å²) in [7, 11) is 1.89. The Morgan fingerprint density at radius 2 is 1.94 bits per heavy atom. The lowest BCUT2D eigenvalue weighted by atomic mass is 10.1. The van der Waals surface area contributed by atoms with Crippen molar-refractivity contribution < 1.29 is 4.39 Å². The summed E-state index contributed by atoms with van der Waals surface area (Å²) in [5.41, 5.74) is 4.10. The van der Waals surface area contributed by atoms with Crippen LogP contribution in [-0.2, 0) is 6.54 Å². The van der Waals surface area contributed by atoms with Crippen LogP contribution in [-0.4, -0.2) is 41.4 Å². The second kappa shape index (κ2) is 8.19. The number of nitrogens with one attached hydrogen (secondary N) is 2. The monoisotopic (exact) mass is 441 g/mol. The van der Waals surface area contributed by atoms with E-state index in [-0.39, 0.29) is 11.2 Å². The van der Waals surface area contributed by atoms with Crippen molar-refractivity contribution in [1.82, 2.24) is 34.4 Å². The fourth-order valence-electron chi connectivity index (χ4n) is 3.86. The smallest absolute Gasteiger partial charge is 0.323 e. The summed E-state index contributed by atoms with van der Waals surface area (Å²) in [5, 5.41) is 0. The third kappa shape index (κ3) is 3.80. The lowest BCUT2D eigenvalue weighted by molar-refractivity contribution is 0.458. The van der Waals surface area contributed by atoms with E-state index in [9.17, 15) is 4.79 Å². The molecule has 0 atom stereocenters. The number of rotatable bonds is 6. The molecule has 5 rings (SSSR count). The van der Waals surface area contributed by atoms with Gasteiger partial charge in [0.2, 0.25) is 0 Å². The summed E-state index contributed by atoms with van der Waals surface area (Å²) in [5.74, 6) is 0.215. The maximum Gasteiger partial charge on any atom is 0.323 e. The highest BCUT2D eigenvalue weighted by Gasteiger charge is 2.16. The Kier molecular flexibility index (Phi) is 5.06. The van der Waals surface area contributed by atoms with Gasteiger partial charge in [-0.3, -0.25) is 4.57 Å². The van der Waals surface area contributed by atoms with Gasteiger partial charge >= 0.3 is 5.69 Å². The van der Waals surface area contributed by atoms with Gasteiger partial charge in [-0.05, 0) is 42.5 Å². The molecule has 9 heteroatoms. The average molecular weight is 441 g/mol. The van der Waals surface area contributed by atoms with E-state index in [0.717, 1.165) is 11.4 Å². The molecule has 0 saturated heterocycles. The lowest BCUT2D eigenvalue weighted by Crippen LogP contribution is -2.18. The first-order valence-electron chi connectivity index (χ1n) is 10.2. The summed E-state index contributed by atoms with van der Waals surface area (Å²) >= 11 is 0. The van der Waals surface area contributed by atoms with Gasteiger partial charge in [-0.1, -0.05) is 12.7 Å². The van der Waals surface area contributed by atoms with E-state index >= 15 is 4.39 Å². The van der Waals surface area contributed by atoms with Crippen molar-refractivity contribution >= 4 is 27.8 Å².